The average molecular weight is 473 g/mol. The number of phenols is 1. The van der Waals surface area contributed by atoms with Crippen LogP contribution in [-0.2, 0) is 8.53 Å². The molecule has 1 saturated heterocycles. The third kappa shape index (κ3) is 7.70. The number of phenolic OH excluding ortho intramolecular Hbond substituents is 1. The third-order valence-electron chi connectivity index (χ3n) is 4.22. The molecule has 0 spiro atoms. The molecule has 0 saturated carbocycles. The summed E-state index contributed by atoms with van der Waals surface area (Å²) in [4.78, 5) is 10.7. The molecular formula is C19H26AsClN2O5. The van der Waals surface area contributed by atoms with E-state index in [9.17, 15) is 13.6 Å². The molecule has 7 nitrogen and oxygen atoms in total. The van der Waals surface area contributed by atoms with Crippen molar-refractivity contribution in [3.05, 3.63) is 54.1 Å². The van der Waals surface area contributed by atoms with Crippen LogP contribution in [0.4, 0.5) is 5.69 Å². The number of nitrogens with one attached hydrogen (secondary N) is 2. The molecule has 0 unspecified atom stereocenters. The van der Waals surface area contributed by atoms with Gasteiger partial charge in [-0.3, -0.25) is 0 Å². The van der Waals surface area contributed by atoms with Crippen LogP contribution in [0, 0.1) is 0 Å². The van der Waals surface area contributed by atoms with Gasteiger partial charge in [0.15, 0.2) is 0 Å². The fourth-order valence-electron chi connectivity index (χ4n) is 2.93. The predicted octanol–water partition coefficient (Wildman–Crippen LogP) is 1.49. The zero-order valence-corrected chi connectivity index (χ0v) is 18.2. The molecule has 2 aromatic carbocycles. The van der Waals surface area contributed by atoms with Crippen LogP contribution >= 0.6 is 12.4 Å². The van der Waals surface area contributed by atoms with E-state index in [2.05, 4.69) is 41.0 Å². The number of piperidine rings is 1. The Bertz CT molecular complexity index is 807. The first-order valence-corrected chi connectivity index (χ1v) is 12.1. The summed E-state index contributed by atoms with van der Waals surface area (Å²) in [6, 6.07) is 14.4. The van der Waals surface area contributed by atoms with Gasteiger partial charge in [0, 0.05) is 0 Å². The van der Waals surface area contributed by atoms with Crippen LogP contribution < -0.4 is 15.0 Å². The standard InChI is InChI=1S/C11H15N.C8H10AsNO5.ClH/c1-2-4-10(5-3-1)11-6-8-12-9-7-11;1-5(11)10-6-2-3-7(8(12)4-6)9(13,14)15;/h1-5,11-12H,6-9H2;2-4,12H,1H3,(H,10,11)(H2,13,14,15);1H. The van der Waals surface area contributed by atoms with Gasteiger partial charge in [-0.05, 0) is 37.4 Å². The monoisotopic (exact) mass is 472 g/mol. The molecule has 0 aliphatic carbocycles. The maximum atomic E-state index is 10.9. The molecule has 1 heterocycles. The number of hydrogen-bond donors (Lipinski definition) is 5. The Labute approximate surface area is 173 Å². The Morgan fingerprint density at radius 3 is 2.21 bits per heavy atom. The first-order chi connectivity index (χ1) is 12.8. The van der Waals surface area contributed by atoms with Gasteiger partial charge in [0.2, 0.25) is 0 Å². The maximum absolute atomic E-state index is 10.9. The van der Waals surface area contributed by atoms with E-state index in [1.165, 1.54) is 44.5 Å². The van der Waals surface area contributed by atoms with E-state index < -0.39 is 24.3 Å². The Hall–Kier alpha value is -1.76. The van der Waals surface area contributed by atoms with Crippen LogP contribution in [0.2, 0.25) is 0 Å². The van der Waals surface area contributed by atoms with Crippen LogP contribution in [-0.4, -0.2) is 46.5 Å². The molecule has 9 heteroatoms. The van der Waals surface area contributed by atoms with E-state index >= 15 is 0 Å². The quantitative estimate of drug-likeness (QED) is 0.432. The largest absolute Gasteiger partial charge is 0.317 e. The molecule has 154 valence electrons. The molecule has 5 N–H and O–H groups in total. The molecule has 1 amide bonds. The second-order valence-electron chi connectivity index (χ2n) is 6.36. The first-order valence-electron chi connectivity index (χ1n) is 8.69. The Kier molecular flexibility index (Phi) is 9.79. The summed E-state index contributed by atoms with van der Waals surface area (Å²) in [6.07, 6.45) is 2.59. The third-order valence-corrected chi connectivity index (χ3v) is 6.33. The van der Waals surface area contributed by atoms with Crippen molar-refractivity contribution in [3.8, 4) is 5.75 Å². The topological polar surface area (TPSA) is 119 Å². The molecule has 1 aliphatic rings. The number of halogens is 1. The van der Waals surface area contributed by atoms with Crippen molar-refractivity contribution in [2.24, 2.45) is 0 Å². The van der Waals surface area contributed by atoms with Gasteiger partial charge in [-0.25, -0.2) is 0 Å². The van der Waals surface area contributed by atoms with E-state index in [4.69, 9.17) is 8.19 Å². The number of anilines is 1. The van der Waals surface area contributed by atoms with Crippen molar-refractivity contribution in [1.29, 1.82) is 0 Å². The van der Waals surface area contributed by atoms with E-state index in [1.54, 1.807) is 0 Å². The van der Waals surface area contributed by atoms with Crippen LogP contribution in [0.1, 0.15) is 31.2 Å². The summed E-state index contributed by atoms with van der Waals surface area (Å²) in [5.41, 5.74) is 1.80. The van der Waals surface area contributed by atoms with E-state index in [0.717, 1.165) is 18.1 Å². The van der Waals surface area contributed by atoms with Crippen LogP contribution in [0.25, 0.3) is 0 Å². The normalized spacial score (nSPS) is 14.2. The Morgan fingerprint density at radius 2 is 1.71 bits per heavy atom. The summed E-state index contributed by atoms with van der Waals surface area (Å²) >= 11 is -5.09. The molecule has 28 heavy (non-hydrogen) atoms. The van der Waals surface area contributed by atoms with Gasteiger partial charge in [-0.1, -0.05) is 30.3 Å². The van der Waals surface area contributed by atoms with Crippen LogP contribution in [0.5, 0.6) is 5.75 Å². The van der Waals surface area contributed by atoms with Crippen LogP contribution in [0.3, 0.4) is 0 Å². The Morgan fingerprint density at radius 1 is 1.11 bits per heavy atom. The number of aromatic hydroxyl groups is 1. The first kappa shape index (κ1) is 24.3. The fourth-order valence-corrected chi connectivity index (χ4v) is 4.26. The smallest absolute Gasteiger partial charge is 0.00431 e. The Balaban J connectivity index is 0.000000275. The molecule has 3 rings (SSSR count). The maximum Gasteiger partial charge on any atom is -0.00431 e. The van der Waals surface area contributed by atoms with Crippen molar-refractivity contribution >= 4 is 42.5 Å². The van der Waals surface area contributed by atoms with Crippen molar-refractivity contribution in [2.75, 3.05) is 18.4 Å². The minimum Gasteiger partial charge on any atom is -0.317 e. The van der Waals surface area contributed by atoms with E-state index in [1.807, 2.05) is 0 Å². The molecule has 1 aliphatic heterocycles. The number of carbonyl (C=O) groups is 1. The van der Waals surface area contributed by atoms with Gasteiger partial charge < -0.3 is 5.32 Å². The van der Waals surface area contributed by atoms with Gasteiger partial charge in [0.05, 0.1) is 0 Å². The van der Waals surface area contributed by atoms with E-state index in [-0.39, 0.29) is 24.0 Å². The summed E-state index contributed by atoms with van der Waals surface area (Å²) in [5, 5.41) is 15.1. The molecule has 1 fully saturated rings. The molecule has 0 atom stereocenters. The zero-order chi connectivity index (χ0) is 19.9. The average Bonchev–Trinajstić information content (AvgIpc) is 2.62. The number of hydrogen-bond acceptors (Lipinski definition) is 4. The molecule has 0 bridgehead atoms. The second kappa shape index (κ2) is 11.3. The molecule has 0 aromatic heterocycles. The van der Waals surface area contributed by atoms with Crippen LogP contribution in [0.15, 0.2) is 48.5 Å². The number of carbonyl (C=O) groups excluding carboxylic acids is 1. The summed E-state index contributed by atoms with van der Waals surface area (Å²) < 4.78 is 28.2. The van der Waals surface area contributed by atoms with Gasteiger partial charge in [-0.15, -0.1) is 12.4 Å². The van der Waals surface area contributed by atoms with Crippen molar-refractivity contribution in [3.63, 3.8) is 0 Å². The molecular weight excluding hydrogens is 447 g/mol. The molecule has 0 radical (unpaired) electrons. The number of rotatable bonds is 3. The van der Waals surface area contributed by atoms with Crippen molar-refractivity contribution in [1.82, 2.24) is 5.32 Å². The summed E-state index contributed by atoms with van der Waals surface area (Å²) in [5.74, 6) is -0.0510. The zero-order valence-electron chi connectivity index (χ0n) is 15.5. The minimum absolute atomic E-state index is 0. The second-order valence-corrected chi connectivity index (χ2v) is 9.66. The number of amides is 1. The van der Waals surface area contributed by atoms with Gasteiger partial charge in [0.25, 0.3) is 0 Å². The van der Waals surface area contributed by atoms with E-state index in [0.29, 0.717) is 0 Å². The summed E-state index contributed by atoms with van der Waals surface area (Å²) in [7, 11) is 0. The minimum atomic E-state index is -5.09. The van der Waals surface area contributed by atoms with Gasteiger partial charge in [-0.2, -0.15) is 0 Å². The van der Waals surface area contributed by atoms with Gasteiger partial charge in [0.1, 0.15) is 0 Å². The number of benzene rings is 2. The van der Waals surface area contributed by atoms with Gasteiger partial charge >= 0.3 is 88.1 Å². The SMILES string of the molecule is CC(=O)Nc1ccc([As](=O)(O)O)c(O)c1.Cl.c1ccc(C2CCNCC2)cc1. The molecule has 2 aromatic rings. The summed E-state index contributed by atoms with van der Waals surface area (Å²) in [6.45, 7) is 3.65. The fraction of sp³-hybridized carbons (Fsp3) is 0.316. The predicted molar refractivity (Wildman–Crippen MR) is 111 cm³/mol. The van der Waals surface area contributed by atoms with Crippen molar-refractivity contribution in [2.45, 2.75) is 25.7 Å². The van der Waals surface area contributed by atoms with Crippen molar-refractivity contribution < 1.29 is 21.8 Å².